The maximum atomic E-state index is 11.8. The summed E-state index contributed by atoms with van der Waals surface area (Å²) >= 11 is 11.5. The van der Waals surface area contributed by atoms with Crippen molar-refractivity contribution in [1.82, 2.24) is 0 Å². The fourth-order valence-corrected chi connectivity index (χ4v) is 2.66. The number of halogens is 2. The summed E-state index contributed by atoms with van der Waals surface area (Å²) in [4.78, 5) is 0. The van der Waals surface area contributed by atoms with Crippen LogP contribution >= 0.6 is 23.2 Å². The van der Waals surface area contributed by atoms with E-state index < -0.39 is 10.1 Å². The molecule has 0 saturated carbocycles. The average molecular weight is 346 g/mol. The predicted molar refractivity (Wildman–Crippen MR) is 85.8 cm³/mol. The van der Waals surface area contributed by atoms with Gasteiger partial charge in [-0.3, -0.25) is 0 Å². The molecule has 0 radical (unpaired) electrons. The quantitative estimate of drug-likeness (QED) is 0.808. The van der Waals surface area contributed by atoms with Gasteiger partial charge in [-0.25, -0.2) is 0 Å². The van der Waals surface area contributed by atoms with Crippen LogP contribution in [0.25, 0.3) is 0 Å². The number of hydrogen-bond donors (Lipinski definition) is 1. The molecule has 0 heterocycles. The second kappa shape index (κ2) is 7.02. The minimum atomic E-state index is -3.66. The van der Waals surface area contributed by atoms with Crippen molar-refractivity contribution in [2.75, 3.05) is 17.6 Å². The Kier molecular flexibility index (Phi) is 5.33. The van der Waals surface area contributed by atoms with Gasteiger partial charge in [0.2, 0.25) is 0 Å². The summed E-state index contributed by atoms with van der Waals surface area (Å²) in [6.07, 6.45) is 0. The molecule has 0 aliphatic carbocycles. The first-order chi connectivity index (χ1) is 9.94. The third-order valence-electron chi connectivity index (χ3n) is 2.56. The molecule has 7 heteroatoms. The van der Waals surface area contributed by atoms with Gasteiger partial charge < -0.3 is 9.50 Å². The molecular formula is C14H13Cl2NO3S. The molecule has 0 atom stereocenters. The van der Waals surface area contributed by atoms with E-state index >= 15 is 0 Å². The molecule has 0 spiro atoms. The minimum absolute atomic E-state index is 0.155. The second-order valence-electron chi connectivity index (χ2n) is 4.23. The SMILES string of the molecule is O=S(=O)(CCNc1ccc(Cl)cc1)Oc1ccc(Cl)cc1. The smallest absolute Gasteiger partial charge is 0.310 e. The lowest BCUT2D eigenvalue weighted by Gasteiger charge is -2.09. The van der Waals surface area contributed by atoms with Crippen LogP contribution in [0.3, 0.4) is 0 Å². The van der Waals surface area contributed by atoms with E-state index in [-0.39, 0.29) is 18.0 Å². The largest absolute Gasteiger partial charge is 0.384 e. The molecule has 2 rings (SSSR count). The van der Waals surface area contributed by atoms with Gasteiger partial charge in [0.15, 0.2) is 0 Å². The molecule has 0 bridgehead atoms. The molecule has 4 nitrogen and oxygen atoms in total. The summed E-state index contributed by atoms with van der Waals surface area (Å²) in [6, 6.07) is 13.1. The molecule has 2 aromatic rings. The molecule has 0 amide bonds. The van der Waals surface area contributed by atoms with Gasteiger partial charge in [0.25, 0.3) is 0 Å². The van der Waals surface area contributed by atoms with Gasteiger partial charge in [-0.2, -0.15) is 8.42 Å². The normalized spacial score (nSPS) is 11.1. The first kappa shape index (κ1) is 15.9. The van der Waals surface area contributed by atoms with Gasteiger partial charge in [0.05, 0.1) is 0 Å². The van der Waals surface area contributed by atoms with Gasteiger partial charge in [-0.15, -0.1) is 0 Å². The van der Waals surface area contributed by atoms with Crippen molar-refractivity contribution in [3.05, 3.63) is 58.6 Å². The van der Waals surface area contributed by atoms with E-state index in [1.165, 1.54) is 12.1 Å². The van der Waals surface area contributed by atoms with E-state index in [1.807, 2.05) is 0 Å². The van der Waals surface area contributed by atoms with Gasteiger partial charge in [0.1, 0.15) is 11.5 Å². The summed E-state index contributed by atoms with van der Waals surface area (Å²) in [7, 11) is -3.66. The van der Waals surface area contributed by atoms with E-state index in [1.54, 1.807) is 36.4 Å². The monoisotopic (exact) mass is 345 g/mol. The maximum Gasteiger partial charge on any atom is 0.310 e. The fourth-order valence-electron chi connectivity index (χ4n) is 1.57. The van der Waals surface area contributed by atoms with Crippen molar-refractivity contribution in [2.45, 2.75) is 0 Å². The lowest BCUT2D eigenvalue weighted by Crippen LogP contribution is -2.20. The number of hydrogen-bond acceptors (Lipinski definition) is 4. The molecule has 0 aliphatic heterocycles. The van der Waals surface area contributed by atoms with E-state index in [0.29, 0.717) is 10.0 Å². The van der Waals surface area contributed by atoms with Crippen molar-refractivity contribution in [3.63, 3.8) is 0 Å². The van der Waals surface area contributed by atoms with Gasteiger partial charge in [-0.1, -0.05) is 23.2 Å². The Morgan fingerprint density at radius 3 is 2.00 bits per heavy atom. The topological polar surface area (TPSA) is 55.4 Å². The first-order valence-electron chi connectivity index (χ1n) is 6.12. The van der Waals surface area contributed by atoms with Crippen LogP contribution < -0.4 is 9.50 Å². The molecule has 0 aromatic heterocycles. The summed E-state index contributed by atoms with van der Waals surface area (Å²) in [5.74, 6) is 0.0871. The van der Waals surface area contributed by atoms with Gasteiger partial charge in [0, 0.05) is 22.3 Å². The molecule has 112 valence electrons. The zero-order valence-corrected chi connectivity index (χ0v) is 13.3. The van der Waals surface area contributed by atoms with E-state index in [2.05, 4.69) is 5.32 Å². The predicted octanol–water partition coefficient (Wildman–Crippen LogP) is 3.81. The molecule has 0 saturated heterocycles. The highest BCUT2D eigenvalue weighted by atomic mass is 35.5. The Morgan fingerprint density at radius 2 is 1.43 bits per heavy atom. The Hall–Kier alpha value is -1.43. The molecule has 0 unspecified atom stereocenters. The molecule has 2 aromatic carbocycles. The van der Waals surface area contributed by atoms with Gasteiger partial charge >= 0.3 is 10.1 Å². The van der Waals surface area contributed by atoms with Crippen LogP contribution in [0, 0.1) is 0 Å². The highest BCUT2D eigenvalue weighted by molar-refractivity contribution is 7.87. The number of rotatable bonds is 6. The Bertz CT molecular complexity index is 685. The van der Waals surface area contributed by atoms with Crippen molar-refractivity contribution in [2.24, 2.45) is 0 Å². The molecule has 0 aliphatic rings. The molecular weight excluding hydrogens is 333 g/mol. The van der Waals surface area contributed by atoms with E-state index in [0.717, 1.165) is 5.69 Å². The summed E-state index contributed by atoms with van der Waals surface area (Å²) in [5.41, 5.74) is 0.793. The molecule has 0 fully saturated rings. The van der Waals surface area contributed by atoms with E-state index in [9.17, 15) is 8.42 Å². The molecule has 1 N–H and O–H groups in total. The van der Waals surface area contributed by atoms with Crippen molar-refractivity contribution in [1.29, 1.82) is 0 Å². The van der Waals surface area contributed by atoms with Gasteiger partial charge in [-0.05, 0) is 48.5 Å². The fraction of sp³-hybridized carbons (Fsp3) is 0.143. The average Bonchev–Trinajstić information content (AvgIpc) is 2.43. The minimum Gasteiger partial charge on any atom is -0.384 e. The van der Waals surface area contributed by atoms with Crippen LogP contribution in [0.2, 0.25) is 10.0 Å². The first-order valence-corrected chi connectivity index (χ1v) is 8.45. The van der Waals surface area contributed by atoms with Crippen molar-refractivity contribution >= 4 is 39.0 Å². The summed E-state index contributed by atoms with van der Waals surface area (Å²) in [5, 5.41) is 4.13. The third-order valence-corrected chi connectivity index (χ3v) is 4.22. The van der Waals surface area contributed by atoms with Crippen LogP contribution in [-0.4, -0.2) is 20.7 Å². The zero-order valence-electron chi connectivity index (χ0n) is 10.9. The van der Waals surface area contributed by atoms with Crippen molar-refractivity contribution < 1.29 is 12.6 Å². The lowest BCUT2D eigenvalue weighted by atomic mass is 10.3. The zero-order chi connectivity index (χ0) is 15.3. The Balaban J connectivity index is 1.86. The molecule has 21 heavy (non-hydrogen) atoms. The third kappa shape index (κ3) is 5.46. The summed E-state index contributed by atoms with van der Waals surface area (Å²) in [6.45, 7) is 0.234. The Morgan fingerprint density at radius 1 is 0.905 bits per heavy atom. The van der Waals surface area contributed by atoms with Crippen LogP contribution in [0.1, 0.15) is 0 Å². The van der Waals surface area contributed by atoms with Crippen LogP contribution in [0.4, 0.5) is 5.69 Å². The van der Waals surface area contributed by atoms with Crippen LogP contribution in [0.5, 0.6) is 5.75 Å². The number of nitrogens with one attached hydrogen (secondary N) is 1. The van der Waals surface area contributed by atoms with Crippen LogP contribution in [0.15, 0.2) is 48.5 Å². The number of benzene rings is 2. The van der Waals surface area contributed by atoms with Crippen LogP contribution in [-0.2, 0) is 10.1 Å². The number of anilines is 1. The van der Waals surface area contributed by atoms with Crippen molar-refractivity contribution in [3.8, 4) is 5.75 Å². The Labute approximate surface area is 133 Å². The highest BCUT2D eigenvalue weighted by Gasteiger charge is 2.12. The lowest BCUT2D eigenvalue weighted by molar-refractivity contribution is 0.487. The standard InChI is InChI=1S/C14H13Cl2NO3S/c15-11-1-5-13(6-2-11)17-9-10-21(18,19)20-14-7-3-12(16)4-8-14/h1-8,17H,9-10H2. The maximum absolute atomic E-state index is 11.8. The highest BCUT2D eigenvalue weighted by Crippen LogP contribution is 2.17. The van der Waals surface area contributed by atoms with E-state index in [4.69, 9.17) is 27.4 Å². The second-order valence-corrected chi connectivity index (χ2v) is 6.80. The summed E-state index contributed by atoms with van der Waals surface area (Å²) < 4.78 is 28.6.